The van der Waals surface area contributed by atoms with Crippen LogP contribution in [0.25, 0.3) is 5.69 Å². The highest BCUT2D eigenvalue weighted by Gasteiger charge is 2.23. The van der Waals surface area contributed by atoms with E-state index in [1.807, 2.05) is 6.07 Å². The first-order chi connectivity index (χ1) is 15.5. The zero-order chi connectivity index (χ0) is 22.5. The van der Waals surface area contributed by atoms with Gasteiger partial charge in [0.15, 0.2) is 0 Å². The van der Waals surface area contributed by atoms with Crippen molar-refractivity contribution in [3.05, 3.63) is 87.8 Å². The van der Waals surface area contributed by atoms with Gasteiger partial charge < -0.3 is 9.84 Å². The number of benzene rings is 2. The van der Waals surface area contributed by atoms with Gasteiger partial charge >= 0.3 is 6.09 Å². The predicted molar refractivity (Wildman–Crippen MR) is 118 cm³/mol. The summed E-state index contributed by atoms with van der Waals surface area (Å²) < 4.78 is 6.93. The number of ether oxygens (including phenoxy) is 1. The minimum absolute atomic E-state index is 0.168. The second-order valence-electron chi connectivity index (χ2n) is 7.70. The Morgan fingerprint density at radius 2 is 2.09 bits per heavy atom. The third-order valence-corrected chi connectivity index (χ3v) is 5.41. The summed E-state index contributed by atoms with van der Waals surface area (Å²) in [6.07, 6.45) is 1.64. The van der Waals surface area contributed by atoms with Crippen molar-refractivity contribution < 1.29 is 14.6 Å². The molecule has 0 bridgehead atoms. The lowest BCUT2D eigenvalue weighted by Crippen LogP contribution is -2.34. The van der Waals surface area contributed by atoms with Gasteiger partial charge in [0, 0.05) is 43.4 Å². The number of nitriles is 1. The molecule has 8 nitrogen and oxygen atoms in total. The molecule has 1 aromatic heterocycles. The van der Waals surface area contributed by atoms with E-state index in [9.17, 15) is 14.7 Å². The summed E-state index contributed by atoms with van der Waals surface area (Å²) in [5, 5.41) is 23.3. The number of anilines is 1. The van der Waals surface area contributed by atoms with Gasteiger partial charge in [-0.05, 0) is 42.3 Å². The number of carboxylic acid groups (broad SMARTS) is 1. The highest BCUT2D eigenvalue weighted by atomic mass is 16.5. The van der Waals surface area contributed by atoms with Gasteiger partial charge in [-0.1, -0.05) is 18.2 Å². The van der Waals surface area contributed by atoms with Crippen LogP contribution in [0.1, 0.15) is 23.2 Å². The fourth-order valence-electron chi connectivity index (χ4n) is 3.74. The van der Waals surface area contributed by atoms with Crippen LogP contribution < -0.4 is 10.3 Å². The van der Waals surface area contributed by atoms with Crippen molar-refractivity contribution in [2.24, 2.45) is 5.92 Å². The van der Waals surface area contributed by atoms with Crippen molar-refractivity contribution >= 4 is 11.8 Å². The van der Waals surface area contributed by atoms with Gasteiger partial charge in [0.05, 0.1) is 23.9 Å². The van der Waals surface area contributed by atoms with Crippen LogP contribution in [0.3, 0.4) is 0 Å². The van der Waals surface area contributed by atoms with Crippen LogP contribution in [0.2, 0.25) is 0 Å². The molecule has 0 aliphatic carbocycles. The van der Waals surface area contributed by atoms with E-state index in [1.165, 1.54) is 11.0 Å². The molecule has 1 aliphatic heterocycles. The van der Waals surface area contributed by atoms with E-state index in [0.717, 1.165) is 12.0 Å². The average Bonchev–Trinajstić information content (AvgIpc) is 3.32. The molecule has 1 unspecified atom stereocenters. The maximum atomic E-state index is 12.4. The van der Waals surface area contributed by atoms with Crippen molar-refractivity contribution in [1.82, 2.24) is 9.78 Å². The molecule has 1 atom stereocenters. The summed E-state index contributed by atoms with van der Waals surface area (Å²) in [5.74, 6) is 0.168. The maximum absolute atomic E-state index is 12.4. The summed E-state index contributed by atoms with van der Waals surface area (Å²) >= 11 is 0. The third-order valence-electron chi connectivity index (χ3n) is 5.41. The number of rotatable bonds is 6. The lowest BCUT2D eigenvalue weighted by Gasteiger charge is -2.22. The Hall–Kier alpha value is -3.96. The third kappa shape index (κ3) is 4.85. The average molecular weight is 430 g/mol. The molecule has 8 heteroatoms. The highest BCUT2D eigenvalue weighted by Crippen LogP contribution is 2.22. The molecule has 0 radical (unpaired) electrons. The van der Waals surface area contributed by atoms with Crippen LogP contribution in [-0.2, 0) is 11.2 Å². The monoisotopic (exact) mass is 430 g/mol. The first-order valence-electron chi connectivity index (χ1n) is 10.3. The van der Waals surface area contributed by atoms with E-state index in [4.69, 9.17) is 10.00 Å². The molecule has 1 aliphatic rings. The van der Waals surface area contributed by atoms with Crippen molar-refractivity contribution in [3.8, 4) is 11.8 Å². The van der Waals surface area contributed by atoms with Gasteiger partial charge in [-0.25, -0.2) is 9.48 Å². The molecule has 32 heavy (non-hydrogen) atoms. The quantitative estimate of drug-likeness (QED) is 0.643. The van der Waals surface area contributed by atoms with Gasteiger partial charge in [0.25, 0.3) is 0 Å². The van der Waals surface area contributed by atoms with Gasteiger partial charge in [0.2, 0.25) is 5.43 Å². The Balaban J connectivity index is 1.59. The Morgan fingerprint density at radius 3 is 2.84 bits per heavy atom. The van der Waals surface area contributed by atoms with Crippen molar-refractivity contribution in [1.29, 1.82) is 5.26 Å². The molecule has 1 saturated heterocycles. The minimum atomic E-state index is -1.02. The first-order valence-corrected chi connectivity index (χ1v) is 10.3. The molecular formula is C24H22N4O4. The van der Waals surface area contributed by atoms with E-state index < -0.39 is 6.09 Å². The van der Waals surface area contributed by atoms with Crippen LogP contribution in [0.15, 0.2) is 65.6 Å². The summed E-state index contributed by atoms with van der Waals surface area (Å²) in [6, 6.07) is 17.6. The smallest absolute Gasteiger partial charge is 0.411 e. The molecule has 0 spiro atoms. The normalized spacial score (nSPS) is 15.3. The fourth-order valence-corrected chi connectivity index (χ4v) is 3.74. The zero-order valence-corrected chi connectivity index (χ0v) is 17.3. The van der Waals surface area contributed by atoms with Crippen LogP contribution in [0.4, 0.5) is 10.5 Å². The van der Waals surface area contributed by atoms with Crippen LogP contribution in [0.5, 0.6) is 0 Å². The lowest BCUT2D eigenvalue weighted by atomic mass is 10.1. The van der Waals surface area contributed by atoms with Crippen molar-refractivity contribution in [2.75, 3.05) is 24.7 Å². The predicted octanol–water partition coefficient (Wildman–Crippen LogP) is 3.22. The molecule has 162 valence electrons. The summed E-state index contributed by atoms with van der Waals surface area (Å²) in [7, 11) is 0. The molecule has 1 fully saturated rings. The topological polar surface area (TPSA) is 108 Å². The minimum Gasteiger partial charge on any atom is -0.465 e. The number of carbonyl (C=O) groups is 1. The molecule has 0 saturated carbocycles. The van der Waals surface area contributed by atoms with Crippen LogP contribution in [-0.4, -0.2) is 40.7 Å². The lowest BCUT2D eigenvalue weighted by molar-refractivity contribution is 0.183. The molecule has 2 heterocycles. The van der Waals surface area contributed by atoms with E-state index >= 15 is 0 Å². The Kier molecular flexibility index (Phi) is 6.29. The first kappa shape index (κ1) is 21.3. The van der Waals surface area contributed by atoms with Gasteiger partial charge in [-0.2, -0.15) is 10.4 Å². The van der Waals surface area contributed by atoms with Crippen molar-refractivity contribution in [2.45, 2.75) is 12.8 Å². The SMILES string of the molecule is N#Cc1cccc(-n2ccc(=O)c(Cc3cccc(N(CC4CCOC4)C(=O)O)c3)n2)c1. The van der Waals surface area contributed by atoms with E-state index in [1.54, 1.807) is 53.3 Å². The number of hydrogen-bond acceptors (Lipinski definition) is 5. The highest BCUT2D eigenvalue weighted by molar-refractivity contribution is 5.86. The second-order valence-corrected chi connectivity index (χ2v) is 7.70. The van der Waals surface area contributed by atoms with Crippen molar-refractivity contribution in [3.63, 3.8) is 0 Å². The molecule has 4 rings (SSSR count). The Morgan fingerprint density at radius 1 is 1.25 bits per heavy atom. The summed E-state index contributed by atoms with van der Waals surface area (Å²) in [4.78, 5) is 25.6. The number of amides is 1. The van der Waals surface area contributed by atoms with E-state index in [2.05, 4.69) is 11.2 Å². The number of nitrogens with zero attached hydrogens (tertiary/aromatic N) is 4. The summed E-state index contributed by atoms with van der Waals surface area (Å²) in [6.45, 7) is 1.58. The van der Waals surface area contributed by atoms with Gasteiger partial charge in [-0.15, -0.1) is 0 Å². The molecule has 3 aromatic rings. The second kappa shape index (κ2) is 9.45. The zero-order valence-electron chi connectivity index (χ0n) is 17.3. The van der Waals surface area contributed by atoms with Gasteiger partial charge in [0.1, 0.15) is 5.69 Å². The number of aromatic nitrogens is 2. The fraction of sp³-hybridized carbons (Fsp3) is 0.250. The molecule has 1 amide bonds. The largest absolute Gasteiger partial charge is 0.465 e. The maximum Gasteiger partial charge on any atom is 0.411 e. The Labute approximate surface area is 184 Å². The standard InChI is InChI=1S/C24H22N4O4/c25-14-18-4-2-6-21(12-18)28-9-7-23(29)22(26-28)13-17-3-1-5-20(11-17)27(24(30)31)15-19-8-10-32-16-19/h1-7,9,11-12,19H,8,10,13,15-16H2,(H,30,31). The van der Waals surface area contributed by atoms with E-state index in [0.29, 0.717) is 42.4 Å². The Bertz CT molecular complexity index is 1220. The van der Waals surface area contributed by atoms with E-state index in [-0.39, 0.29) is 17.8 Å². The van der Waals surface area contributed by atoms with Crippen LogP contribution in [0, 0.1) is 17.2 Å². The molecule has 2 aromatic carbocycles. The molecular weight excluding hydrogens is 408 g/mol. The molecule has 1 N–H and O–H groups in total. The van der Waals surface area contributed by atoms with Gasteiger partial charge in [-0.3, -0.25) is 9.69 Å². The van der Waals surface area contributed by atoms with Crippen LogP contribution >= 0.6 is 0 Å². The number of hydrogen-bond donors (Lipinski definition) is 1. The summed E-state index contributed by atoms with van der Waals surface area (Å²) in [5.41, 5.74) is 2.64.